The van der Waals surface area contributed by atoms with Crippen molar-refractivity contribution in [2.24, 2.45) is 5.73 Å². The van der Waals surface area contributed by atoms with E-state index >= 15 is 0 Å². The number of hydrogen-bond acceptors (Lipinski definition) is 4. The van der Waals surface area contributed by atoms with E-state index in [4.69, 9.17) is 15.2 Å². The van der Waals surface area contributed by atoms with Crippen LogP contribution in [0.1, 0.15) is 28.3 Å². The van der Waals surface area contributed by atoms with Crippen molar-refractivity contribution < 1.29 is 18.7 Å². The van der Waals surface area contributed by atoms with E-state index in [2.05, 4.69) is 0 Å². The molecule has 0 radical (unpaired) electrons. The van der Waals surface area contributed by atoms with Gasteiger partial charge in [-0.15, -0.1) is 0 Å². The average molecular weight is 356 g/mol. The maximum atomic E-state index is 14.1. The normalized spacial score (nSPS) is 22.2. The molecule has 2 atom stereocenters. The molecule has 5 nitrogen and oxygen atoms in total. The molecule has 2 aromatic rings. The number of nitrogens with two attached hydrogens (primary N) is 1. The summed E-state index contributed by atoms with van der Waals surface area (Å²) in [6.45, 7) is 1.96. The lowest BCUT2D eigenvalue weighted by Gasteiger charge is -2.18. The zero-order valence-corrected chi connectivity index (χ0v) is 14.4. The monoisotopic (exact) mass is 356 g/mol. The van der Waals surface area contributed by atoms with Crippen molar-refractivity contribution in [1.82, 2.24) is 4.90 Å². The molecule has 2 aliphatic rings. The molecular weight excluding hydrogens is 335 g/mol. The Hall–Kier alpha value is -2.60. The van der Waals surface area contributed by atoms with Crippen molar-refractivity contribution in [3.05, 3.63) is 59.4 Å². The Kier molecular flexibility index (Phi) is 4.51. The van der Waals surface area contributed by atoms with Gasteiger partial charge in [0.1, 0.15) is 5.82 Å². The highest BCUT2D eigenvalue weighted by Gasteiger charge is 2.35. The van der Waals surface area contributed by atoms with Gasteiger partial charge in [-0.3, -0.25) is 4.79 Å². The molecule has 1 amide bonds. The van der Waals surface area contributed by atoms with Crippen LogP contribution in [0, 0.1) is 5.82 Å². The van der Waals surface area contributed by atoms with Gasteiger partial charge in [0.25, 0.3) is 5.91 Å². The van der Waals surface area contributed by atoms with Gasteiger partial charge < -0.3 is 20.1 Å². The predicted octanol–water partition coefficient (Wildman–Crippen LogP) is 2.55. The Bertz CT molecular complexity index is 826. The summed E-state index contributed by atoms with van der Waals surface area (Å²) in [5.74, 6) is 0.622. The van der Waals surface area contributed by atoms with Gasteiger partial charge in [-0.25, -0.2) is 4.39 Å². The number of fused-ring (bicyclic) bond motifs is 1. The van der Waals surface area contributed by atoms with Gasteiger partial charge in [0, 0.05) is 37.0 Å². The first kappa shape index (κ1) is 16.8. The van der Waals surface area contributed by atoms with E-state index in [1.165, 1.54) is 6.07 Å². The fraction of sp³-hybridized carbons (Fsp3) is 0.350. The van der Waals surface area contributed by atoms with Crippen molar-refractivity contribution in [1.29, 1.82) is 0 Å². The fourth-order valence-electron chi connectivity index (χ4n) is 3.58. The fourth-order valence-corrected chi connectivity index (χ4v) is 3.58. The Morgan fingerprint density at radius 2 is 1.85 bits per heavy atom. The molecule has 2 heterocycles. The topological polar surface area (TPSA) is 64.8 Å². The first-order valence-corrected chi connectivity index (χ1v) is 8.82. The van der Waals surface area contributed by atoms with Crippen LogP contribution in [-0.4, -0.2) is 43.2 Å². The average Bonchev–Trinajstić information content (AvgIpc) is 2.88. The zero-order chi connectivity index (χ0) is 18.1. The second-order valence-electron chi connectivity index (χ2n) is 6.71. The standard InChI is InChI=1S/C20H21FN2O3/c21-16-5-2-1-4-14(16)15-11-23(12-17(15)22)20(24)13-6-7-18-19(10-13)26-9-3-8-25-18/h1-2,4-7,10,15,17H,3,8-9,11-12,22H2/t15-,17+/m1/s1. The number of ether oxygens (including phenoxy) is 2. The molecule has 6 heteroatoms. The summed E-state index contributed by atoms with van der Waals surface area (Å²) in [5.41, 5.74) is 7.30. The number of amides is 1. The predicted molar refractivity (Wildman–Crippen MR) is 95.1 cm³/mol. The molecule has 136 valence electrons. The van der Waals surface area contributed by atoms with E-state index in [1.54, 1.807) is 41.3 Å². The first-order chi connectivity index (χ1) is 12.6. The Labute approximate surface area is 151 Å². The van der Waals surface area contributed by atoms with Gasteiger partial charge in [-0.05, 0) is 29.8 Å². The van der Waals surface area contributed by atoms with Crippen LogP contribution in [0.15, 0.2) is 42.5 Å². The molecule has 0 spiro atoms. The molecule has 2 N–H and O–H groups in total. The number of likely N-dealkylation sites (tertiary alicyclic amines) is 1. The van der Waals surface area contributed by atoms with E-state index < -0.39 is 0 Å². The molecule has 1 fully saturated rings. The summed E-state index contributed by atoms with van der Waals surface area (Å²) in [6.07, 6.45) is 0.809. The van der Waals surface area contributed by atoms with Gasteiger partial charge in [0.2, 0.25) is 0 Å². The van der Waals surface area contributed by atoms with Crippen molar-refractivity contribution in [3.63, 3.8) is 0 Å². The van der Waals surface area contributed by atoms with Crippen LogP contribution in [0.25, 0.3) is 0 Å². The van der Waals surface area contributed by atoms with E-state index in [1.807, 2.05) is 0 Å². The highest BCUT2D eigenvalue weighted by atomic mass is 19.1. The van der Waals surface area contributed by atoms with E-state index in [0.29, 0.717) is 48.9 Å². The molecule has 2 aromatic carbocycles. The van der Waals surface area contributed by atoms with Gasteiger partial charge in [-0.2, -0.15) is 0 Å². The van der Waals surface area contributed by atoms with Gasteiger partial charge in [0.05, 0.1) is 13.2 Å². The minimum Gasteiger partial charge on any atom is -0.490 e. The smallest absolute Gasteiger partial charge is 0.254 e. The summed E-state index contributed by atoms with van der Waals surface area (Å²) < 4.78 is 25.4. The molecule has 0 aromatic heterocycles. The molecule has 4 rings (SSSR count). The lowest BCUT2D eigenvalue weighted by atomic mass is 9.94. The van der Waals surface area contributed by atoms with Crippen molar-refractivity contribution in [2.75, 3.05) is 26.3 Å². The molecule has 0 unspecified atom stereocenters. The number of nitrogens with zero attached hydrogens (tertiary/aromatic N) is 1. The first-order valence-electron chi connectivity index (χ1n) is 8.82. The molecule has 26 heavy (non-hydrogen) atoms. The number of carbonyl (C=O) groups excluding carboxylic acids is 1. The lowest BCUT2D eigenvalue weighted by molar-refractivity contribution is 0.0788. The molecular formula is C20H21FN2O3. The van der Waals surface area contributed by atoms with Gasteiger partial charge in [-0.1, -0.05) is 18.2 Å². The quantitative estimate of drug-likeness (QED) is 0.898. The zero-order valence-electron chi connectivity index (χ0n) is 14.4. The lowest BCUT2D eigenvalue weighted by Crippen LogP contribution is -2.32. The molecule has 1 saturated heterocycles. The molecule has 2 aliphatic heterocycles. The Balaban J connectivity index is 1.54. The highest BCUT2D eigenvalue weighted by Crippen LogP contribution is 2.33. The van der Waals surface area contributed by atoms with Gasteiger partial charge in [0.15, 0.2) is 11.5 Å². The van der Waals surface area contributed by atoms with Crippen LogP contribution < -0.4 is 15.2 Å². The summed E-state index contributed by atoms with van der Waals surface area (Å²) in [5, 5.41) is 0. The van der Waals surface area contributed by atoms with Crippen LogP contribution >= 0.6 is 0 Å². The van der Waals surface area contributed by atoms with Crippen molar-refractivity contribution in [2.45, 2.75) is 18.4 Å². The minimum atomic E-state index is -0.295. The maximum absolute atomic E-state index is 14.1. The van der Waals surface area contributed by atoms with Crippen LogP contribution in [0.2, 0.25) is 0 Å². The summed E-state index contributed by atoms with van der Waals surface area (Å²) in [6, 6.07) is 11.5. The third kappa shape index (κ3) is 3.12. The maximum Gasteiger partial charge on any atom is 0.254 e. The van der Waals surface area contributed by atoms with Crippen molar-refractivity contribution >= 4 is 5.91 Å². The van der Waals surface area contributed by atoms with E-state index in [0.717, 1.165) is 6.42 Å². The largest absolute Gasteiger partial charge is 0.490 e. The summed E-state index contributed by atoms with van der Waals surface area (Å²) >= 11 is 0. The Morgan fingerprint density at radius 1 is 1.08 bits per heavy atom. The molecule has 0 saturated carbocycles. The number of benzene rings is 2. The number of rotatable bonds is 2. The van der Waals surface area contributed by atoms with Crippen LogP contribution in [0.4, 0.5) is 4.39 Å². The summed E-state index contributed by atoms with van der Waals surface area (Å²) in [4.78, 5) is 14.6. The third-order valence-electron chi connectivity index (χ3n) is 4.95. The second kappa shape index (κ2) is 6.96. The summed E-state index contributed by atoms with van der Waals surface area (Å²) in [7, 11) is 0. The SMILES string of the molecule is N[C@H]1CN(C(=O)c2ccc3c(c2)OCCCO3)C[C@@H]1c1ccccc1F. The second-order valence-corrected chi connectivity index (χ2v) is 6.71. The van der Waals surface area contributed by atoms with Crippen LogP contribution in [0.5, 0.6) is 11.5 Å². The minimum absolute atomic E-state index is 0.130. The highest BCUT2D eigenvalue weighted by molar-refractivity contribution is 5.95. The van der Waals surface area contributed by atoms with Crippen molar-refractivity contribution in [3.8, 4) is 11.5 Å². The molecule has 0 bridgehead atoms. The van der Waals surface area contributed by atoms with Crippen LogP contribution in [-0.2, 0) is 0 Å². The molecule has 0 aliphatic carbocycles. The number of halogens is 1. The third-order valence-corrected chi connectivity index (χ3v) is 4.95. The Morgan fingerprint density at radius 3 is 2.65 bits per heavy atom. The van der Waals surface area contributed by atoms with Crippen LogP contribution in [0.3, 0.4) is 0 Å². The van der Waals surface area contributed by atoms with E-state index in [9.17, 15) is 9.18 Å². The number of hydrogen-bond donors (Lipinski definition) is 1. The van der Waals surface area contributed by atoms with Gasteiger partial charge >= 0.3 is 0 Å². The van der Waals surface area contributed by atoms with E-state index in [-0.39, 0.29) is 23.7 Å². The number of carbonyl (C=O) groups is 1.